The largest absolute Gasteiger partial charge is 0.481 e. The highest BCUT2D eigenvalue weighted by Gasteiger charge is 2.66. The molecule has 4 fully saturated rings. The first-order chi connectivity index (χ1) is 16.9. The predicted molar refractivity (Wildman–Crippen MR) is 137 cm³/mol. The average Bonchev–Trinajstić information content (AvgIpc) is 3.15. The van der Waals surface area contributed by atoms with Crippen LogP contribution in [0.1, 0.15) is 106 Å². The Kier molecular flexibility index (Phi) is 7.84. The Hall–Kier alpha value is -1.59. The van der Waals surface area contributed by atoms with Gasteiger partial charge in [0.2, 0.25) is 0 Å². The number of hydrogen-bond acceptors (Lipinski definition) is 5. The van der Waals surface area contributed by atoms with E-state index in [-0.39, 0.29) is 47.3 Å². The molecular weight excluding hydrogens is 456 g/mol. The molecule has 4 unspecified atom stereocenters. The number of carbonyl (C=O) groups is 3. The zero-order valence-electron chi connectivity index (χ0n) is 23.3. The van der Waals surface area contributed by atoms with Crippen molar-refractivity contribution in [3.05, 3.63) is 0 Å². The third kappa shape index (κ3) is 4.71. The van der Waals surface area contributed by atoms with Crippen molar-refractivity contribution in [1.82, 2.24) is 0 Å². The molecule has 0 aromatic carbocycles. The summed E-state index contributed by atoms with van der Waals surface area (Å²) in [4.78, 5) is 35.4. The van der Waals surface area contributed by atoms with Gasteiger partial charge in [0.05, 0.1) is 0 Å². The highest BCUT2D eigenvalue weighted by atomic mass is 16.5. The lowest BCUT2D eigenvalue weighted by molar-refractivity contribution is -0.219. The lowest BCUT2D eigenvalue weighted by Gasteiger charge is -2.65. The Bertz CT molecular complexity index is 854. The second kappa shape index (κ2) is 10.3. The van der Waals surface area contributed by atoms with Gasteiger partial charge in [-0.3, -0.25) is 14.4 Å². The normalized spacial score (nSPS) is 44.5. The fourth-order valence-electron chi connectivity index (χ4n) is 10.1. The minimum Gasteiger partial charge on any atom is -0.481 e. The average molecular weight is 505 g/mol. The van der Waals surface area contributed by atoms with Gasteiger partial charge in [-0.05, 0) is 104 Å². The Morgan fingerprint density at radius 3 is 2.17 bits per heavy atom. The van der Waals surface area contributed by atoms with Crippen LogP contribution in [0.15, 0.2) is 0 Å². The fraction of sp³-hybridized carbons (Fsp3) is 0.900. The monoisotopic (exact) mass is 504 g/mol. The van der Waals surface area contributed by atoms with Crippen LogP contribution < -0.4 is 0 Å². The van der Waals surface area contributed by atoms with Gasteiger partial charge in [0, 0.05) is 26.2 Å². The lowest BCUT2D eigenvalue weighted by atomic mass is 9.41. The summed E-state index contributed by atoms with van der Waals surface area (Å²) in [5.41, 5.74) is 0.320. The van der Waals surface area contributed by atoms with E-state index in [1.807, 2.05) is 0 Å². The molecule has 0 radical (unpaired) electrons. The minimum absolute atomic E-state index is 0.0380. The molecule has 6 nitrogen and oxygen atoms in total. The molecule has 0 heterocycles. The maximum atomic E-state index is 12.4. The second-order valence-corrected chi connectivity index (χ2v) is 13.2. The molecule has 204 valence electrons. The molecule has 4 rings (SSSR count). The molecule has 6 heteroatoms. The molecule has 0 bridgehead atoms. The Balaban J connectivity index is 1.67. The van der Waals surface area contributed by atoms with Gasteiger partial charge < -0.3 is 14.6 Å². The van der Waals surface area contributed by atoms with E-state index in [1.165, 1.54) is 13.3 Å². The third-order valence-electron chi connectivity index (χ3n) is 11.5. The van der Waals surface area contributed by atoms with Crippen molar-refractivity contribution in [2.75, 3.05) is 0 Å². The summed E-state index contributed by atoms with van der Waals surface area (Å²) >= 11 is 0. The van der Waals surface area contributed by atoms with Crippen molar-refractivity contribution in [2.24, 2.45) is 52.3 Å². The van der Waals surface area contributed by atoms with E-state index >= 15 is 0 Å². The SMILES string of the molecule is CC[C@@H]1C2C[C@H](OC(C)=O)CC[C@@]2(C)[C@H]2CCC3(C)C([C@H](C)CCC(=O)O)CC[C@H]3C2[C@@H]1OC(C)=O. The van der Waals surface area contributed by atoms with Crippen molar-refractivity contribution in [1.29, 1.82) is 0 Å². The highest BCUT2D eigenvalue weighted by molar-refractivity contribution is 5.67. The summed E-state index contributed by atoms with van der Waals surface area (Å²) < 4.78 is 12.0. The summed E-state index contributed by atoms with van der Waals surface area (Å²) in [5.74, 6) is 1.79. The van der Waals surface area contributed by atoms with Gasteiger partial charge in [0.1, 0.15) is 12.2 Å². The number of ether oxygens (including phenoxy) is 2. The highest BCUT2D eigenvalue weighted by Crippen LogP contribution is 2.70. The van der Waals surface area contributed by atoms with Crippen LogP contribution in [0, 0.1) is 52.3 Å². The number of esters is 2. The molecule has 0 spiro atoms. The first-order valence-electron chi connectivity index (χ1n) is 14.5. The number of carboxylic acid groups (broad SMARTS) is 1. The van der Waals surface area contributed by atoms with Gasteiger partial charge in [0.25, 0.3) is 0 Å². The number of carbonyl (C=O) groups excluding carboxylic acids is 2. The maximum absolute atomic E-state index is 12.4. The minimum atomic E-state index is -0.707. The summed E-state index contributed by atoms with van der Waals surface area (Å²) in [6, 6.07) is 0. The van der Waals surface area contributed by atoms with Gasteiger partial charge in [-0.15, -0.1) is 0 Å². The molecule has 0 aliphatic heterocycles. The summed E-state index contributed by atoms with van der Waals surface area (Å²) in [5, 5.41) is 9.26. The van der Waals surface area contributed by atoms with Crippen LogP contribution in [0.2, 0.25) is 0 Å². The van der Waals surface area contributed by atoms with Gasteiger partial charge in [0.15, 0.2) is 0 Å². The third-order valence-corrected chi connectivity index (χ3v) is 11.5. The molecule has 0 saturated heterocycles. The molecule has 0 aromatic heterocycles. The van der Waals surface area contributed by atoms with E-state index in [4.69, 9.17) is 9.47 Å². The van der Waals surface area contributed by atoms with Crippen molar-refractivity contribution >= 4 is 17.9 Å². The van der Waals surface area contributed by atoms with Gasteiger partial charge >= 0.3 is 17.9 Å². The van der Waals surface area contributed by atoms with Crippen molar-refractivity contribution in [2.45, 2.75) is 118 Å². The van der Waals surface area contributed by atoms with Crippen LogP contribution in [-0.2, 0) is 23.9 Å². The predicted octanol–water partition coefficient (Wildman–Crippen LogP) is 6.26. The van der Waals surface area contributed by atoms with E-state index < -0.39 is 5.97 Å². The van der Waals surface area contributed by atoms with Crippen LogP contribution in [-0.4, -0.2) is 35.2 Å². The summed E-state index contributed by atoms with van der Waals surface area (Å²) in [6.45, 7) is 12.5. The molecule has 4 aliphatic carbocycles. The molecule has 36 heavy (non-hydrogen) atoms. The van der Waals surface area contributed by atoms with Crippen LogP contribution in [0.4, 0.5) is 0 Å². The number of aliphatic carboxylic acids is 1. The topological polar surface area (TPSA) is 89.9 Å². The number of rotatable bonds is 7. The van der Waals surface area contributed by atoms with Gasteiger partial charge in [-0.25, -0.2) is 0 Å². The Morgan fingerprint density at radius 1 is 0.917 bits per heavy atom. The van der Waals surface area contributed by atoms with Crippen molar-refractivity contribution < 1.29 is 29.0 Å². The van der Waals surface area contributed by atoms with E-state index in [9.17, 15) is 19.5 Å². The fourth-order valence-corrected chi connectivity index (χ4v) is 10.1. The maximum Gasteiger partial charge on any atom is 0.303 e. The molecule has 0 amide bonds. The van der Waals surface area contributed by atoms with Crippen LogP contribution in [0.3, 0.4) is 0 Å². The molecule has 11 atom stereocenters. The first-order valence-corrected chi connectivity index (χ1v) is 14.5. The smallest absolute Gasteiger partial charge is 0.303 e. The van der Waals surface area contributed by atoms with Gasteiger partial charge in [-0.2, -0.15) is 0 Å². The van der Waals surface area contributed by atoms with E-state index in [0.29, 0.717) is 35.5 Å². The standard InChI is InChI=1S/C30H48O6/c1-7-21-25-16-20(35-18(3)31)12-14-30(25,6)24-13-15-29(5)22(17(2)8-11-26(33)34)9-10-23(29)27(24)28(21)36-19(4)32/h17,20-25,27-28H,7-16H2,1-6H3,(H,33,34)/t17-,20-,21-,22?,23+,24+,25?,27?,28-,29?,30+/m1/s1. The molecule has 0 aromatic rings. The molecular formula is C30H48O6. The molecule has 4 aliphatic rings. The summed E-state index contributed by atoms with van der Waals surface area (Å²) in [7, 11) is 0. The van der Waals surface area contributed by atoms with Gasteiger partial charge in [-0.1, -0.05) is 27.7 Å². The van der Waals surface area contributed by atoms with E-state index in [2.05, 4.69) is 27.7 Å². The zero-order chi connectivity index (χ0) is 26.4. The van der Waals surface area contributed by atoms with E-state index in [1.54, 1.807) is 6.92 Å². The van der Waals surface area contributed by atoms with Crippen molar-refractivity contribution in [3.8, 4) is 0 Å². The molecule has 4 saturated carbocycles. The number of hydrogen-bond donors (Lipinski definition) is 1. The second-order valence-electron chi connectivity index (χ2n) is 13.2. The number of fused-ring (bicyclic) bond motifs is 5. The number of carboxylic acids is 1. The Labute approximate surface area is 217 Å². The van der Waals surface area contributed by atoms with Crippen LogP contribution in [0.25, 0.3) is 0 Å². The first kappa shape index (κ1) is 27.4. The Morgan fingerprint density at radius 2 is 1.56 bits per heavy atom. The van der Waals surface area contributed by atoms with Crippen LogP contribution in [0.5, 0.6) is 0 Å². The van der Waals surface area contributed by atoms with Crippen LogP contribution >= 0.6 is 0 Å². The zero-order valence-corrected chi connectivity index (χ0v) is 23.3. The lowest BCUT2D eigenvalue weighted by Crippen LogP contribution is -2.63. The molecule has 1 N–H and O–H groups in total. The summed E-state index contributed by atoms with van der Waals surface area (Å²) in [6.07, 6.45) is 9.23. The van der Waals surface area contributed by atoms with Crippen molar-refractivity contribution in [3.63, 3.8) is 0 Å². The quantitative estimate of drug-likeness (QED) is 0.412. The van der Waals surface area contributed by atoms with E-state index in [0.717, 1.165) is 51.4 Å².